The van der Waals surface area contributed by atoms with Crippen LogP contribution >= 0.6 is 11.6 Å². The molecule has 2 aromatic rings. The molecule has 0 unspecified atom stereocenters. The Morgan fingerprint density at radius 1 is 1.10 bits per heavy atom. The van der Waals surface area contributed by atoms with Crippen LogP contribution in [0.3, 0.4) is 0 Å². The lowest BCUT2D eigenvalue weighted by atomic mass is 9.87. The van der Waals surface area contributed by atoms with Crippen LogP contribution in [-0.2, 0) is 9.59 Å². The molecule has 3 rings (SSSR count). The average molecular weight is 449 g/mol. The van der Waals surface area contributed by atoms with E-state index in [2.05, 4.69) is 10.6 Å². The third kappa shape index (κ3) is 4.74. The van der Waals surface area contributed by atoms with Gasteiger partial charge in [-0.1, -0.05) is 62.6 Å². The SMILES string of the molecule is CCC(CC)[C@@H](NC(=O)[C@H]1C[C@@H](NC(C)=O)c2ccccc21)c1c(F)ccc(Cl)c1F. The van der Waals surface area contributed by atoms with Gasteiger partial charge in [0, 0.05) is 12.5 Å². The third-order valence-corrected chi connectivity index (χ3v) is 6.41. The molecule has 0 saturated carbocycles. The number of benzene rings is 2. The molecule has 1 aliphatic rings. The van der Waals surface area contributed by atoms with Gasteiger partial charge in [0.25, 0.3) is 0 Å². The Balaban J connectivity index is 1.95. The summed E-state index contributed by atoms with van der Waals surface area (Å²) in [7, 11) is 0. The van der Waals surface area contributed by atoms with Gasteiger partial charge in [-0.2, -0.15) is 0 Å². The molecule has 0 heterocycles. The van der Waals surface area contributed by atoms with Crippen molar-refractivity contribution in [2.24, 2.45) is 5.92 Å². The first kappa shape index (κ1) is 23.2. The number of hydrogen-bond donors (Lipinski definition) is 2. The molecule has 1 aliphatic carbocycles. The molecule has 0 saturated heterocycles. The predicted molar refractivity (Wildman–Crippen MR) is 117 cm³/mol. The normalized spacial score (nSPS) is 18.5. The summed E-state index contributed by atoms with van der Waals surface area (Å²) in [6, 6.07) is 8.60. The Labute approximate surface area is 186 Å². The summed E-state index contributed by atoms with van der Waals surface area (Å²) in [5.41, 5.74) is 1.49. The molecule has 7 heteroatoms. The van der Waals surface area contributed by atoms with E-state index in [0.29, 0.717) is 19.3 Å². The predicted octanol–water partition coefficient (Wildman–Crippen LogP) is 5.58. The second kappa shape index (κ2) is 9.77. The Hall–Kier alpha value is -2.47. The highest BCUT2D eigenvalue weighted by molar-refractivity contribution is 6.30. The van der Waals surface area contributed by atoms with Crippen LogP contribution in [0.2, 0.25) is 5.02 Å². The number of amides is 2. The average Bonchev–Trinajstić information content (AvgIpc) is 3.10. The van der Waals surface area contributed by atoms with E-state index < -0.39 is 23.6 Å². The molecule has 2 N–H and O–H groups in total. The van der Waals surface area contributed by atoms with Gasteiger partial charge in [0.2, 0.25) is 11.8 Å². The van der Waals surface area contributed by atoms with Gasteiger partial charge in [-0.15, -0.1) is 0 Å². The van der Waals surface area contributed by atoms with E-state index >= 15 is 0 Å². The third-order valence-electron chi connectivity index (χ3n) is 6.12. The molecule has 0 fully saturated rings. The van der Waals surface area contributed by atoms with E-state index in [1.165, 1.54) is 13.0 Å². The molecule has 0 radical (unpaired) electrons. The van der Waals surface area contributed by atoms with Crippen LogP contribution in [0, 0.1) is 17.6 Å². The lowest BCUT2D eigenvalue weighted by molar-refractivity contribution is -0.124. The van der Waals surface area contributed by atoms with Crippen molar-refractivity contribution < 1.29 is 18.4 Å². The van der Waals surface area contributed by atoms with Crippen molar-refractivity contribution in [3.05, 3.63) is 69.7 Å². The molecule has 0 spiro atoms. The first-order valence-electron chi connectivity index (χ1n) is 10.6. The summed E-state index contributed by atoms with van der Waals surface area (Å²) in [4.78, 5) is 25.0. The van der Waals surface area contributed by atoms with Crippen molar-refractivity contribution in [2.45, 2.75) is 58.0 Å². The Morgan fingerprint density at radius 3 is 2.35 bits per heavy atom. The maximum Gasteiger partial charge on any atom is 0.228 e. The van der Waals surface area contributed by atoms with Gasteiger partial charge in [-0.25, -0.2) is 8.78 Å². The van der Waals surface area contributed by atoms with Crippen molar-refractivity contribution in [3.63, 3.8) is 0 Å². The van der Waals surface area contributed by atoms with E-state index in [-0.39, 0.29) is 34.4 Å². The second-order valence-corrected chi connectivity index (χ2v) is 8.40. The number of hydrogen-bond acceptors (Lipinski definition) is 2. The van der Waals surface area contributed by atoms with Gasteiger partial charge in [-0.3, -0.25) is 9.59 Å². The number of carbonyl (C=O) groups excluding carboxylic acids is 2. The smallest absolute Gasteiger partial charge is 0.228 e. The molecule has 0 bridgehead atoms. The molecule has 0 aliphatic heterocycles. The fourth-order valence-electron chi connectivity index (χ4n) is 4.53. The molecule has 2 aromatic carbocycles. The quantitative estimate of drug-likeness (QED) is 0.543. The minimum Gasteiger partial charge on any atom is -0.349 e. The van der Waals surface area contributed by atoms with Gasteiger partial charge in [-0.05, 0) is 35.6 Å². The first-order chi connectivity index (χ1) is 14.8. The molecule has 3 atom stereocenters. The summed E-state index contributed by atoms with van der Waals surface area (Å²) in [6.07, 6.45) is 1.64. The fraction of sp³-hybridized carbons (Fsp3) is 0.417. The number of fused-ring (bicyclic) bond motifs is 1. The second-order valence-electron chi connectivity index (χ2n) is 7.99. The van der Waals surface area contributed by atoms with E-state index in [1.807, 2.05) is 38.1 Å². The Kier molecular flexibility index (Phi) is 7.31. The van der Waals surface area contributed by atoms with Crippen molar-refractivity contribution in [1.82, 2.24) is 10.6 Å². The molecule has 4 nitrogen and oxygen atoms in total. The maximum atomic E-state index is 14.8. The Bertz CT molecular complexity index is 978. The van der Waals surface area contributed by atoms with Crippen LogP contribution in [0.5, 0.6) is 0 Å². The summed E-state index contributed by atoms with van der Waals surface area (Å²) in [5.74, 6) is -2.79. The molecule has 166 valence electrons. The molecule has 0 aromatic heterocycles. The number of rotatable bonds is 7. The molecule has 31 heavy (non-hydrogen) atoms. The van der Waals surface area contributed by atoms with Crippen LogP contribution < -0.4 is 10.6 Å². The monoisotopic (exact) mass is 448 g/mol. The van der Waals surface area contributed by atoms with Crippen LogP contribution in [-0.4, -0.2) is 11.8 Å². The molecular formula is C24H27ClF2N2O2. The van der Waals surface area contributed by atoms with Crippen molar-refractivity contribution >= 4 is 23.4 Å². The largest absolute Gasteiger partial charge is 0.349 e. The zero-order valence-corrected chi connectivity index (χ0v) is 18.6. The minimum absolute atomic E-state index is 0.172. The van der Waals surface area contributed by atoms with Crippen molar-refractivity contribution in [3.8, 4) is 0 Å². The maximum absolute atomic E-state index is 14.8. The molecule has 2 amide bonds. The van der Waals surface area contributed by atoms with Gasteiger partial charge >= 0.3 is 0 Å². The van der Waals surface area contributed by atoms with Crippen LogP contribution in [0.1, 0.15) is 74.7 Å². The van der Waals surface area contributed by atoms with Crippen LogP contribution in [0.4, 0.5) is 8.78 Å². The van der Waals surface area contributed by atoms with Gasteiger partial charge < -0.3 is 10.6 Å². The Morgan fingerprint density at radius 2 is 1.74 bits per heavy atom. The minimum atomic E-state index is -0.854. The van der Waals surface area contributed by atoms with Gasteiger partial charge in [0.15, 0.2) is 0 Å². The summed E-state index contributed by atoms with van der Waals surface area (Å²) >= 11 is 5.92. The summed E-state index contributed by atoms with van der Waals surface area (Å²) < 4.78 is 29.5. The zero-order valence-electron chi connectivity index (χ0n) is 17.8. The highest BCUT2D eigenvalue weighted by atomic mass is 35.5. The van der Waals surface area contributed by atoms with E-state index in [0.717, 1.165) is 17.2 Å². The fourth-order valence-corrected chi connectivity index (χ4v) is 4.70. The summed E-state index contributed by atoms with van der Waals surface area (Å²) in [6.45, 7) is 5.28. The van der Waals surface area contributed by atoms with Gasteiger partial charge in [0.1, 0.15) is 11.6 Å². The van der Waals surface area contributed by atoms with E-state index in [4.69, 9.17) is 11.6 Å². The highest BCUT2D eigenvalue weighted by Gasteiger charge is 2.38. The summed E-state index contributed by atoms with van der Waals surface area (Å²) in [5, 5.41) is 5.61. The number of halogens is 3. The lowest BCUT2D eigenvalue weighted by Crippen LogP contribution is -2.37. The van der Waals surface area contributed by atoms with E-state index in [9.17, 15) is 18.4 Å². The number of carbonyl (C=O) groups is 2. The highest BCUT2D eigenvalue weighted by Crippen LogP contribution is 2.41. The van der Waals surface area contributed by atoms with Crippen LogP contribution in [0.15, 0.2) is 36.4 Å². The number of nitrogens with one attached hydrogen (secondary N) is 2. The van der Waals surface area contributed by atoms with Crippen molar-refractivity contribution in [2.75, 3.05) is 0 Å². The topological polar surface area (TPSA) is 58.2 Å². The molecular weight excluding hydrogens is 422 g/mol. The lowest BCUT2D eigenvalue weighted by Gasteiger charge is -2.29. The van der Waals surface area contributed by atoms with Crippen molar-refractivity contribution in [1.29, 1.82) is 0 Å². The zero-order chi connectivity index (χ0) is 22.7. The standard InChI is InChI=1S/C24H27ClF2N2O2/c1-4-14(5-2)23(21-19(26)11-10-18(25)22(21)27)29-24(31)17-12-20(28-13(3)30)16-9-7-6-8-15(16)17/h6-11,14,17,20,23H,4-5,12H2,1-3H3,(H,28,30)(H,29,31)/t17-,20+,23+/m0/s1. The van der Waals surface area contributed by atoms with Gasteiger partial charge in [0.05, 0.1) is 23.0 Å². The first-order valence-corrected chi connectivity index (χ1v) is 11.0. The van der Waals surface area contributed by atoms with Crippen LogP contribution in [0.25, 0.3) is 0 Å². The van der Waals surface area contributed by atoms with E-state index in [1.54, 1.807) is 0 Å².